The number of aliphatic hydroxyl groups is 1. The van der Waals surface area contributed by atoms with Gasteiger partial charge in [0.15, 0.2) is 0 Å². The summed E-state index contributed by atoms with van der Waals surface area (Å²) in [6, 6.07) is 11.2. The zero-order valence-corrected chi connectivity index (χ0v) is 12.1. The van der Waals surface area contributed by atoms with E-state index in [1.54, 1.807) is 11.6 Å². The molecule has 1 heterocycles. The molecule has 0 bridgehead atoms. The van der Waals surface area contributed by atoms with E-state index < -0.39 is 10.0 Å². The van der Waals surface area contributed by atoms with Gasteiger partial charge in [-0.15, -0.1) is 0 Å². The molecule has 0 aliphatic rings. The van der Waals surface area contributed by atoms with E-state index in [0.717, 1.165) is 5.56 Å². The summed E-state index contributed by atoms with van der Waals surface area (Å²) < 4.78 is 28.4. The first kappa shape index (κ1) is 14.8. The van der Waals surface area contributed by atoms with Gasteiger partial charge in [-0.3, -0.25) is 0 Å². The predicted molar refractivity (Wildman–Crippen MR) is 76.7 cm³/mol. The van der Waals surface area contributed by atoms with Gasteiger partial charge in [-0.2, -0.15) is 0 Å². The number of hydrogen-bond donors (Lipinski definition) is 2. The number of nitrogens with one attached hydrogen (secondary N) is 1. The Bertz CT molecular complexity index is 663. The second-order valence-electron chi connectivity index (χ2n) is 4.57. The molecule has 0 aliphatic heterocycles. The molecule has 1 aromatic carbocycles. The van der Waals surface area contributed by atoms with Gasteiger partial charge in [0.1, 0.15) is 0 Å². The number of aliphatic hydroxyl groups excluding tert-OH is 1. The van der Waals surface area contributed by atoms with Gasteiger partial charge in [-0.25, -0.2) is 13.1 Å². The average Bonchev–Trinajstić information content (AvgIpc) is 2.82. The molecule has 20 heavy (non-hydrogen) atoms. The van der Waals surface area contributed by atoms with E-state index in [1.165, 1.54) is 12.3 Å². The fourth-order valence-corrected chi connectivity index (χ4v) is 3.06. The van der Waals surface area contributed by atoms with Crippen molar-refractivity contribution >= 4 is 10.0 Å². The van der Waals surface area contributed by atoms with Crippen molar-refractivity contribution in [3.05, 3.63) is 53.9 Å². The van der Waals surface area contributed by atoms with Gasteiger partial charge < -0.3 is 9.67 Å². The molecule has 0 fully saturated rings. The number of hydrogen-bond acceptors (Lipinski definition) is 3. The lowest BCUT2D eigenvalue weighted by Crippen LogP contribution is -2.25. The highest BCUT2D eigenvalue weighted by molar-refractivity contribution is 7.89. The molecular weight excluding hydrogens is 276 g/mol. The molecule has 5 nitrogen and oxygen atoms in total. The van der Waals surface area contributed by atoms with Crippen molar-refractivity contribution < 1.29 is 13.5 Å². The third-order valence-electron chi connectivity index (χ3n) is 3.10. The summed E-state index contributed by atoms with van der Waals surface area (Å²) in [6.07, 6.45) is 2.14. The maximum absolute atomic E-state index is 12.1. The second-order valence-corrected chi connectivity index (χ2v) is 6.34. The van der Waals surface area contributed by atoms with Crippen LogP contribution in [-0.4, -0.2) is 24.6 Å². The molecule has 2 N–H and O–H groups in total. The third-order valence-corrected chi connectivity index (χ3v) is 4.53. The Morgan fingerprint density at radius 3 is 2.55 bits per heavy atom. The van der Waals surface area contributed by atoms with Crippen LogP contribution in [0.4, 0.5) is 0 Å². The van der Waals surface area contributed by atoms with Gasteiger partial charge in [0.2, 0.25) is 10.0 Å². The van der Waals surface area contributed by atoms with Crippen LogP contribution in [-0.2, 0) is 30.1 Å². The molecule has 0 aliphatic carbocycles. The molecular formula is C14H18N2O3S. The number of aryl methyl sites for hydroxylation is 1. The maximum Gasteiger partial charge on any atom is 0.242 e. The van der Waals surface area contributed by atoms with Crippen LogP contribution < -0.4 is 4.72 Å². The topological polar surface area (TPSA) is 71.3 Å². The minimum atomic E-state index is -3.52. The summed E-state index contributed by atoms with van der Waals surface area (Å²) in [4.78, 5) is 0.178. The van der Waals surface area contributed by atoms with E-state index in [9.17, 15) is 8.42 Å². The third kappa shape index (κ3) is 3.47. The summed E-state index contributed by atoms with van der Waals surface area (Å²) in [5, 5.41) is 9.09. The molecule has 2 rings (SSSR count). The Morgan fingerprint density at radius 2 is 1.95 bits per heavy atom. The van der Waals surface area contributed by atoms with Gasteiger partial charge >= 0.3 is 0 Å². The van der Waals surface area contributed by atoms with Crippen molar-refractivity contribution in [1.29, 1.82) is 0 Å². The minimum absolute atomic E-state index is 0.178. The van der Waals surface area contributed by atoms with Crippen molar-refractivity contribution in [3.63, 3.8) is 0 Å². The highest BCUT2D eigenvalue weighted by Crippen LogP contribution is 2.13. The lowest BCUT2D eigenvalue weighted by Gasteiger charge is -2.05. The lowest BCUT2D eigenvalue weighted by atomic mass is 10.2. The summed E-state index contributed by atoms with van der Waals surface area (Å²) in [7, 11) is -1.82. The summed E-state index contributed by atoms with van der Waals surface area (Å²) in [5.41, 5.74) is 1.65. The minimum Gasteiger partial charge on any atom is -0.390 e. The summed E-state index contributed by atoms with van der Waals surface area (Å²) in [5.74, 6) is 0. The van der Waals surface area contributed by atoms with E-state index >= 15 is 0 Å². The number of rotatable bonds is 6. The van der Waals surface area contributed by atoms with Crippen LogP contribution in [0.3, 0.4) is 0 Å². The van der Waals surface area contributed by atoms with Crippen LogP contribution in [0.1, 0.15) is 11.3 Å². The lowest BCUT2D eigenvalue weighted by molar-refractivity contribution is 0.272. The largest absolute Gasteiger partial charge is 0.390 e. The second kappa shape index (κ2) is 6.21. The van der Waals surface area contributed by atoms with E-state index in [4.69, 9.17) is 5.11 Å². The summed E-state index contributed by atoms with van der Waals surface area (Å²) >= 11 is 0. The molecule has 0 saturated carbocycles. The van der Waals surface area contributed by atoms with Gasteiger partial charge in [-0.05, 0) is 18.1 Å². The van der Waals surface area contributed by atoms with E-state index in [0.29, 0.717) is 18.7 Å². The van der Waals surface area contributed by atoms with Crippen LogP contribution >= 0.6 is 0 Å². The number of nitrogens with zero attached hydrogens (tertiary/aromatic N) is 1. The Hall–Kier alpha value is -1.63. The normalized spacial score (nSPS) is 11.7. The van der Waals surface area contributed by atoms with E-state index in [1.807, 2.05) is 30.3 Å². The van der Waals surface area contributed by atoms with Crippen LogP contribution in [0.2, 0.25) is 0 Å². The molecule has 0 amide bonds. The van der Waals surface area contributed by atoms with E-state index in [-0.39, 0.29) is 11.5 Å². The van der Waals surface area contributed by atoms with Crippen molar-refractivity contribution in [1.82, 2.24) is 9.29 Å². The van der Waals surface area contributed by atoms with Crippen molar-refractivity contribution in [2.24, 2.45) is 7.05 Å². The zero-order chi connectivity index (χ0) is 14.6. The molecule has 0 saturated heterocycles. The first-order valence-corrected chi connectivity index (χ1v) is 7.81. The Labute approximate surface area is 118 Å². The molecule has 2 aromatic rings. The molecule has 0 radical (unpaired) electrons. The Kier molecular flexibility index (Phi) is 4.59. The molecule has 0 spiro atoms. The molecule has 108 valence electrons. The monoisotopic (exact) mass is 294 g/mol. The molecule has 0 atom stereocenters. The molecule has 1 aromatic heterocycles. The highest BCUT2D eigenvalue weighted by atomic mass is 32.2. The highest BCUT2D eigenvalue weighted by Gasteiger charge is 2.16. The van der Waals surface area contributed by atoms with Gasteiger partial charge in [-0.1, -0.05) is 30.3 Å². The molecule has 6 heteroatoms. The Balaban J connectivity index is 2.00. The first-order chi connectivity index (χ1) is 9.53. The van der Waals surface area contributed by atoms with Crippen LogP contribution in [0.25, 0.3) is 0 Å². The van der Waals surface area contributed by atoms with Crippen molar-refractivity contribution in [2.45, 2.75) is 17.9 Å². The fraction of sp³-hybridized carbons (Fsp3) is 0.286. The SMILES string of the molecule is Cn1cc(S(=O)(=O)NCCc2ccccc2)cc1CO. The maximum atomic E-state index is 12.1. The Morgan fingerprint density at radius 1 is 1.25 bits per heavy atom. The van der Waals surface area contributed by atoms with Crippen molar-refractivity contribution in [3.8, 4) is 0 Å². The smallest absolute Gasteiger partial charge is 0.242 e. The van der Waals surface area contributed by atoms with Gasteiger partial charge in [0.25, 0.3) is 0 Å². The predicted octanol–water partition coefficient (Wildman–Crippen LogP) is 1.04. The van der Waals surface area contributed by atoms with Crippen LogP contribution in [0.5, 0.6) is 0 Å². The summed E-state index contributed by atoms with van der Waals surface area (Å²) in [6.45, 7) is 0.158. The standard InChI is InChI=1S/C14H18N2O3S/c1-16-10-14(9-13(16)11-17)20(18,19)15-8-7-12-5-3-2-4-6-12/h2-6,9-10,15,17H,7-8,11H2,1H3. The van der Waals surface area contributed by atoms with Gasteiger partial charge in [0, 0.05) is 25.5 Å². The van der Waals surface area contributed by atoms with Crippen LogP contribution in [0, 0.1) is 0 Å². The molecule has 0 unspecified atom stereocenters. The van der Waals surface area contributed by atoms with E-state index in [2.05, 4.69) is 4.72 Å². The first-order valence-electron chi connectivity index (χ1n) is 6.32. The quantitative estimate of drug-likeness (QED) is 0.836. The van der Waals surface area contributed by atoms with Gasteiger partial charge in [0.05, 0.1) is 11.5 Å². The zero-order valence-electron chi connectivity index (χ0n) is 11.3. The average molecular weight is 294 g/mol. The number of benzene rings is 1. The van der Waals surface area contributed by atoms with Crippen LogP contribution in [0.15, 0.2) is 47.5 Å². The van der Waals surface area contributed by atoms with Crippen molar-refractivity contribution in [2.75, 3.05) is 6.54 Å². The fourth-order valence-electron chi connectivity index (χ4n) is 1.94. The number of sulfonamides is 1. The number of aromatic nitrogens is 1.